The van der Waals surface area contributed by atoms with E-state index in [0.29, 0.717) is 0 Å². The quantitative estimate of drug-likeness (QED) is 0.205. The van der Waals surface area contributed by atoms with Crippen LogP contribution in [0.3, 0.4) is 0 Å². The summed E-state index contributed by atoms with van der Waals surface area (Å²) < 4.78 is 11.4. The molecular weight excluding hydrogens is 446 g/mol. The number of aromatic nitrogens is 1. The van der Waals surface area contributed by atoms with E-state index in [4.69, 9.17) is 4.42 Å². The summed E-state index contributed by atoms with van der Waals surface area (Å²) >= 11 is 1.88. The van der Waals surface area contributed by atoms with Crippen LogP contribution in [0.2, 0.25) is 0 Å². The van der Waals surface area contributed by atoms with Crippen LogP contribution in [0.1, 0.15) is 0 Å². The first-order valence-corrected chi connectivity index (χ1v) is 12.7. The Morgan fingerprint density at radius 1 is 0.543 bits per heavy atom. The van der Waals surface area contributed by atoms with Crippen molar-refractivity contribution >= 4 is 91.4 Å². The molecule has 0 aliphatic carbocycles. The van der Waals surface area contributed by atoms with E-state index in [9.17, 15) is 0 Å². The Labute approximate surface area is 203 Å². The Hall–Kier alpha value is -4.34. The van der Waals surface area contributed by atoms with Gasteiger partial charge in [0.15, 0.2) is 0 Å². The van der Waals surface area contributed by atoms with E-state index in [-0.39, 0.29) is 0 Å². The number of furan rings is 1. The van der Waals surface area contributed by atoms with Crippen molar-refractivity contribution in [3.63, 3.8) is 0 Å². The van der Waals surface area contributed by atoms with Crippen LogP contribution < -0.4 is 0 Å². The summed E-state index contributed by atoms with van der Waals surface area (Å²) in [7, 11) is 0. The van der Waals surface area contributed by atoms with Crippen LogP contribution in [0.25, 0.3) is 80.1 Å². The van der Waals surface area contributed by atoms with E-state index in [1.165, 1.54) is 68.9 Å². The molecule has 0 spiro atoms. The number of thiophene rings is 1. The van der Waals surface area contributed by atoms with Crippen LogP contribution in [0.4, 0.5) is 0 Å². The number of rotatable bonds is 0. The van der Waals surface area contributed by atoms with Crippen molar-refractivity contribution in [2.45, 2.75) is 0 Å². The molecule has 0 radical (unpaired) electrons. The SMILES string of the molecule is c1ccc2c(c1)cn1c3ccc4sc5ccccc5c4c3c3cc4c(cc3c21)oc1ccccc14. The lowest BCUT2D eigenvalue weighted by Gasteiger charge is -2.11. The molecule has 0 saturated heterocycles. The van der Waals surface area contributed by atoms with Gasteiger partial charge in [0.1, 0.15) is 11.2 Å². The minimum absolute atomic E-state index is 0.935. The standard InChI is InChI=1S/C32H17NOS/c1-2-8-19-18(7-1)17-33-25-13-14-29-31(21-10-4-6-12-28(21)35-29)30(25)23-15-22-20-9-3-5-11-26(20)34-27(22)16-24(23)32(19)33/h1-17H. The van der Waals surface area contributed by atoms with Gasteiger partial charge in [-0.2, -0.15) is 0 Å². The predicted molar refractivity (Wildman–Crippen MR) is 150 cm³/mol. The molecule has 4 heterocycles. The maximum absolute atomic E-state index is 6.35. The van der Waals surface area contributed by atoms with E-state index in [1.807, 2.05) is 17.4 Å². The Kier molecular flexibility index (Phi) is 3.20. The predicted octanol–water partition coefficient (Wildman–Crippen LogP) is 9.67. The fourth-order valence-corrected chi connectivity index (χ4v) is 7.19. The molecule has 0 N–H and O–H groups in total. The molecule has 162 valence electrons. The molecule has 0 saturated carbocycles. The third kappa shape index (κ3) is 2.20. The first kappa shape index (κ1) is 18.0. The minimum Gasteiger partial charge on any atom is -0.456 e. The highest BCUT2D eigenvalue weighted by molar-refractivity contribution is 7.26. The molecule has 0 unspecified atom stereocenters. The maximum atomic E-state index is 6.35. The molecule has 4 aromatic heterocycles. The van der Waals surface area contributed by atoms with Crippen LogP contribution in [0.15, 0.2) is 108 Å². The average Bonchev–Trinajstić information content (AvgIpc) is 3.58. The zero-order valence-corrected chi connectivity index (χ0v) is 19.4. The van der Waals surface area contributed by atoms with E-state index < -0.39 is 0 Å². The molecule has 0 aliphatic heterocycles. The summed E-state index contributed by atoms with van der Waals surface area (Å²) in [6.45, 7) is 0. The van der Waals surface area contributed by atoms with E-state index >= 15 is 0 Å². The number of benzene rings is 5. The van der Waals surface area contributed by atoms with Crippen molar-refractivity contribution in [2.75, 3.05) is 0 Å². The Balaban J connectivity index is 1.67. The van der Waals surface area contributed by atoms with Crippen molar-refractivity contribution in [2.24, 2.45) is 0 Å². The summed E-state index contributed by atoms with van der Waals surface area (Å²) in [5.74, 6) is 0. The molecule has 9 aromatic rings. The first-order valence-electron chi connectivity index (χ1n) is 11.9. The van der Waals surface area contributed by atoms with Gasteiger partial charge in [0, 0.05) is 58.7 Å². The van der Waals surface area contributed by atoms with Crippen molar-refractivity contribution < 1.29 is 4.42 Å². The summed E-state index contributed by atoms with van der Waals surface area (Å²) in [6, 6.07) is 35.1. The molecule has 9 rings (SSSR count). The number of fused-ring (bicyclic) bond motifs is 15. The Morgan fingerprint density at radius 2 is 1.34 bits per heavy atom. The number of pyridine rings is 1. The molecule has 0 bridgehead atoms. The van der Waals surface area contributed by atoms with Gasteiger partial charge in [-0.25, -0.2) is 0 Å². The van der Waals surface area contributed by atoms with Crippen LogP contribution in [0.5, 0.6) is 0 Å². The molecule has 0 fully saturated rings. The van der Waals surface area contributed by atoms with Gasteiger partial charge in [-0.15, -0.1) is 11.3 Å². The lowest BCUT2D eigenvalue weighted by atomic mass is 9.97. The average molecular weight is 464 g/mol. The maximum Gasteiger partial charge on any atom is 0.136 e. The highest BCUT2D eigenvalue weighted by Crippen LogP contribution is 2.45. The topological polar surface area (TPSA) is 17.6 Å². The van der Waals surface area contributed by atoms with Gasteiger partial charge in [-0.05, 0) is 41.8 Å². The van der Waals surface area contributed by atoms with Gasteiger partial charge in [-0.3, -0.25) is 0 Å². The lowest BCUT2D eigenvalue weighted by molar-refractivity contribution is 0.669. The molecule has 5 aromatic carbocycles. The third-order valence-corrected chi connectivity index (χ3v) is 8.68. The third-order valence-electron chi connectivity index (χ3n) is 7.55. The van der Waals surface area contributed by atoms with Gasteiger partial charge in [0.05, 0.1) is 11.0 Å². The number of hydrogen-bond donors (Lipinski definition) is 0. The summed E-state index contributed by atoms with van der Waals surface area (Å²) in [4.78, 5) is 0. The van der Waals surface area contributed by atoms with E-state index in [0.717, 1.165) is 11.2 Å². The highest BCUT2D eigenvalue weighted by atomic mass is 32.1. The van der Waals surface area contributed by atoms with Crippen LogP contribution >= 0.6 is 11.3 Å². The first-order chi connectivity index (χ1) is 17.3. The largest absolute Gasteiger partial charge is 0.456 e. The van der Waals surface area contributed by atoms with Crippen molar-refractivity contribution in [1.29, 1.82) is 0 Å². The van der Waals surface area contributed by atoms with Crippen molar-refractivity contribution in [3.05, 3.63) is 103 Å². The molecule has 0 aliphatic rings. The van der Waals surface area contributed by atoms with Crippen LogP contribution in [-0.4, -0.2) is 4.40 Å². The van der Waals surface area contributed by atoms with Gasteiger partial charge in [0.25, 0.3) is 0 Å². The Bertz CT molecular complexity index is 2320. The summed E-state index contributed by atoms with van der Waals surface area (Å²) in [5, 5.41) is 11.4. The molecule has 0 amide bonds. The molecular formula is C32H17NOS. The van der Waals surface area contributed by atoms with Gasteiger partial charge >= 0.3 is 0 Å². The second-order valence-corrected chi connectivity index (χ2v) is 10.4. The fraction of sp³-hybridized carbons (Fsp3) is 0. The van der Waals surface area contributed by atoms with Gasteiger partial charge in [-0.1, -0.05) is 60.7 Å². The monoisotopic (exact) mass is 463 g/mol. The van der Waals surface area contributed by atoms with E-state index in [1.54, 1.807) is 0 Å². The number of para-hydroxylation sites is 1. The zero-order chi connectivity index (χ0) is 22.7. The number of hydrogen-bond acceptors (Lipinski definition) is 2. The minimum atomic E-state index is 0.935. The van der Waals surface area contributed by atoms with Crippen molar-refractivity contribution in [1.82, 2.24) is 4.40 Å². The van der Waals surface area contributed by atoms with Gasteiger partial charge in [0.2, 0.25) is 0 Å². The molecule has 3 heteroatoms. The second kappa shape index (κ2) is 6.21. The summed E-state index contributed by atoms with van der Waals surface area (Å²) in [6.07, 6.45) is 2.29. The highest BCUT2D eigenvalue weighted by Gasteiger charge is 2.19. The van der Waals surface area contributed by atoms with Crippen molar-refractivity contribution in [3.8, 4) is 0 Å². The fourth-order valence-electron chi connectivity index (χ4n) is 6.08. The molecule has 35 heavy (non-hydrogen) atoms. The second-order valence-electron chi connectivity index (χ2n) is 9.36. The lowest BCUT2D eigenvalue weighted by Crippen LogP contribution is -1.90. The smallest absolute Gasteiger partial charge is 0.136 e. The summed E-state index contributed by atoms with van der Waals surface area (Å²) in [5.41, 5.74) is 4.35. The van der Waals surface area contributed by atoms with Gasteiger partial charge < -0.3 is 8.82 Å². The van der Waals surface area contributed by atoms with Crippen LogP contribution in [-0.2, 0) is 0 Å². The Morgan fingerprint density at radius 3 is 2.29 bits per heavy atom. The zero-order valence-electron chi connectivity index (χ0n) is 18.6. The molecule has 2 nitrogen and oxygen atoms in total. The van der Waals surface area contributed by atoms with E-state index in [2.05, 4.69) is 102 Å². The molecule has 0 atom stereocenters. The van der Waals surface area contributed by atoms with Crippen LogP contribution in [0, 0.1) is 0 Å². The normalized spacial score (nSPS) is 12.6. The number of nitrogens with zero attached hydrogens (tertiary/aromatic N) is 1.